The molecule has 1 heterocycles. The standard InChI is InChI=1S/C15H20ClN3O/c1-9(2)14-18-15(20-19-14)11(4)17-10(3)12-7-5-6-8-13(12)16/h5-11,17H,1-4H3/t10-,11-/m1/s1. The molecule has 0 fully saturated rings. The van der Waals surface area contributed by atoms with Crippen LogP contribution in [0.2, 0.25) is 5.02 Å². The zero-order valence-corrected chi connectivity index (χ0v) is 13.0. The van der Waals surface area contributed by atoms with Crippen LogP contribution in [0.25, 0.3) is 0 Å². The Morgan fingerprint density at radius 3 is 2.40 bits per heavy atom. The molecule has 0 unspecified atom stereocenters. The van der Waals surface area contributed by atoms with Crippen LogP contribution in [0.1, 0.15) is 63.0 Å². The first-order valence-electron chi connectivity index (χ1n) is 6.83. The van der Waals surface area contributed by atoms with E-state index < -0.39 is 0 Å². The second-order valence-corrected chi connectivity index (χ2v) is 5.68. The average molecular weight is 294 g/mol. The number of rotatable bonds is 5. The van der Waals surface area contributed by atoms with Crippen molar-refractivity contribution in [3.63, 3.8) is 0 Å². The van der Waals surface area contributed by atoms with Crippen LogP contribution < -0.4 is 5.32 Å². The monoisotopic (exact) mass is 293 g/mol. The zero-order chi connectivity index (χ0) is 14.7. The molecule has 0 spiro atoms. The van der Waals surface area contributed by atoms with E-state index in [0.29, 0.717) is 5.89 Å². The van der Waals surface area contributed by atoms with Crippen LogP contribution in [0.3, 0.4) is 0 Å². The van der Waals surface area contributed by atoms with Gasteiger partial charge >= 0.3 is 0 Å². The lowest BCUT2D eigenvalue weighted by Gasteiger charge is -2.18. The first-order valence-corrected chi connectivity index (χ1v) is 7.20. The normalized spacial score (nSPS) is 14.5. The van der Waals surface area contributed by atoms with Crippen LogP contribution >= 0.6 is 11.6 Å². The lowest BCUT2D eigenvalue weighted by Crippen LogP contribution is -2.23. The van der Waals surface area contributed by atoms with Crippen LogP contribution in [0.5, 0.6) is 0 Å². The maximum Gasteiger partial charge on any atom is 0.243 e. The van der Waals surface area contributed by atoms with Gasteiger partial charge in [0.05, 0.1) is 6.04 Å². The van der Waals surface area contributed by atoms with Crippen LogP contribution in [0.4, 0.5) is 0 Å². The summed E-state index contributed by atoms with van der Waals surface area (Å²) in [5.74, 6) is 1.60. The van der Waals surface area contributed by atoms with Gasteiger partial charge < -0.3 is 4.52 Å². The summed E-state index contributed by atoms with van der Waals surface area (Å²) >= 11 is 6.20. The number of nitrogens with one attached hydrogen (secondary N) is 1. The number of nitrogens with zero attached hydrogens (tertiary/aromatic N) is 2. The molecular weight excluding hydrogens is 274 g/mol. The van der Waals surface area contributed by atoms with Crippen LogP contribution in [-0.4, -0.2) is 10.1 Å². The summed E-state index contributed by atoms with van der Waals surface area (Å²) in [6.45, 7) is 8.15. The Kier molecular flexibility index (Phi) is 4.78. The van der Waals surface area contributed by atoms with Gasteiger partial charge in [-0.1, -0.05) is 48.8 Å². The van der Waals surface area contributed by atoms with Gasteiger partial charge in [-0.3, -0.25) is 5.32 Å². The lowest BCUT2D eigenvalue weighted by molar-refractivity contribution is 0.324. The molecule has 0 radical (unpaired) electrons. The minimum atomic E-state index is -0.0266. The Morgan fingerprint density at radius 1 is 1.10 bits per heavy atom. The molecular formula is C15H20ClN3O. The largest absolute Gasteiger partial charge is 0.338 e. The van der Waals surface area contributed by atoms with Gasteiger partial charge in [0, 0.05) is 17.0 Å². The molecule has 108 valence electrons. The first kappa shape index (κ1) is 15.0. The second kappa shape index (κ2) is 6.37. The van der Waals surface area contributed by atoms with E-state index in [4.69, 9.17) is 16.1 Å². The van der Waals surface area contributed by atoms with Gasteiger partial charge in [0.25, 0.3) is 0 Å². The number of hydrogen-bond donors (Lipinski definition) is 1. The molecule has 2 rings (SSSR count). The van der Waals surface area contributed by atoms with E-state index in [1.165, 1.54) is 0 Å². The van der Waals surface area contributed by atoms with Crippen molar-refractivity contribution in [2.75, 3.05) is 0 Å². The fraction of sp³-hybridized carbons (Fsp3) is 0.467. The molecule has 2 atom stereocenters. The molecule has 20 heavy (non-hydrogen) atoms. The van der Waals surface area contributed by atoms with E-state index in [1.54, 1.807) is 0 Å². The van der Waals surface area contributed by atoms with Gasteiger partial charge in [-0.05, 0) is 25.5 Å². The summed E-state index contributed by atoms with van der Waals surface area (Å²) in [4.78, 5) is 4.41. The van der Waals surface area contributed by atoms with Gasteiger partial charge in [0.15, 0.2) is 5.82 Å². The molecule has 1 aromatic carbocycles. The van der Waals surface area contributed by atoms with Crippen molar-refractivity contribution in [3.05, 3.63) is 46.6 Å². The molecule has 0 bridgehead atoms. The third-order valence-electron chi connectivity index (χ3n) is 3.22. The van der Waals surface area contributed by atoms with Crippen LogP contribution in [0.15, 0.2) is 28.8 Å². The van der Waals surface area contributed by atoms with Crippen molar-refractivity contribution < 1.29 is 4.52 Å². The Bertz CT molecular complexity index is 568. The highest BCUT2D eigenvalue weighted by molar-refractivity contribution is 6.31. The van der Waals surface area contributed by atoms with Crippen molar-refractivity contribution in [1.82, 2.24) is 15.5 Å². The molecule has 0 aliphatic rings. The molecule has 0 aliphatic heterocycles. The number of hydrogen-bond acceptors (Lipinski definition) is 4. The van der Waals surface area contributed by atoms with Gasteiger partial charge in [-0.15, -0.1) is 0 Å². The molecule has 0 amide bonds. The maximum absolute atomic E-state index is 6.20. The number of aromatic nitrogens is 2. The van der Waals surface area contributed by atoms with Crippen molar-refractivity contribution in [2.24, 2.45) is 0 Å². The van der Waals surface area contributed by atoms with Crippen LogP contribution in [-0.2, 0) is 0 Å². The molecule has 0 aliphatic carbocycles. The fourth-order valence-corrected chi connectivity index (χ4v) is 2.32. The van der Waals surface area contributed by atoms with E-state index in [0.717, 1.165) is 16.4 Å². The predicted octanol–water partition coefficient (Wildman–Crippen LogP) is 4.26. The minimum absolute atomic E-state index is 0.0266. The van der Waals surface area contributed by atoms with Crippen molar-refractivity contribution in [1.29, 1.82) is 0 Å². The third kappa shape index (κ3) is 3.38. The van der Waals surface area contributed by atoms with E-state index >= 15 is 0 Å². The number of halogens is 1. The summed E-state index contributed by atoms with van der Waals surface area (Å²) < 4.78 is 5.30. The molecule has 0 saturated carbocycles. The zero-order valence-electron chi connectivity index (χ0n) is 12.2. The van der Waals surface area contributed by atoms with Crippen LogP contribution in [0, 0.1) is 0 Å². The van der Waals surface area contributed by atoms with E-state index in [9.17, 15) is 0 Å². The minimum Gasteiger partial charge on any atom is -0.338 e. The van der Waals surface area contributed by atoms with Gasteiger partial charge in [0.1, 0.15) is 0 Å². The predicted molar refractivity (Wildman–Crippen MR) is 79.8 cm³/mol. The highest BCUT2D eigenvalue weighted by atomic mass is 35.5. The Balaban J connectivity index is 2.07. The summed E-state index contributed by atoms with van der Waals surface area (Å²) in [5.41, 5.74) is 1.06. The smallest absolute Gasteiger partial charge is 0.243 e. The summed E-state index contributed by atoms with van der Waals surface area (Å²) in [6.07, 6.45) is 0. The second-order valence-electron chi connectivity index (χ2n) is 5.28. The highest BCUT2D eigenvalue weighted by Gasteiger charge is 2.19. The SMILES string of the molecule is CC(C)c1noc([C@@H](C)N[C@H](C)c2ccccc2Cl)n1. The quantitative estimate of drug-likeness (QED) is 0.895. The van der Waals surface area contributed by atoms with Gasteiger partial charge in [-0.2, -0.15) is 4.98 Å². The van der Waals surface area contributed by atoms with E-state index in [1.807, 2.05) is 45.0 Å². The lowest BCUT2D eigenvalue weighted by atomic mass is 10.1. The first-order chi connectivity index (χ1) is 9.49. The Labute approximate surface area is 124 Å². The molecule has 1 N–H and O–H groups in total. The van der Waals surface area contributed by atoms with E-state index in [2.05, 4.69) is 22.4 Å². The van der Waals surface area contributed by atoms with Crippen molar-refractivity contribution >= 4 is 11.6 Å². The molecule has 5 heteroatoms. The Morgan fingerprint density at radius 2 is 1.80 bits per heavy atom. The van der Waals surface area contributed by atoms with Gasteiger partial charge in [0.2, 0.25) is 5.89 Å². The van der Waals surface area contributed by atoms with Gasteiger partial charge in [-0.25, -0.2) is 0 Å². The summed E-state index contributed by atoms with van der Waals surface area (Å²) in [7, 11) is 0. The summed E-state index contributed by atoms with van der Waals surface area (Å²) in [6, 6.07) is 7.89. The topological polar surface area (TPSA) is 51.0 Å². The van der Waals surface area contributed by atoms with Crippen molar-refractivity contribution in [3.8, 4) is 0 Å². The fourth-order valence-electron chi connectivity index (χ4n) is 2.02. The van der Waals surface area contributed by atoms with E-state index in [-0.39, 0.29) is 18.0 Å². The maximum atomic E-state index is 6.20. The highest BCUT2D eigenvalue weighted by Crippen LogP contribution is 2.25. The van der Waals surface area contributed by atoms with Crippen molar-refractivity contribution in [2.45, 2.75) is 45.7 Å². The molecule has 1 aromatic heterocycles. The molecule has 4 nitrogen and oxygen atoms in total. The molecule has 0 saturated heterocycles. The molecule has 2 aromatic rings. The average Bonchev–Trinajstić information content (AvgIpc) is 2.88. The Hall–Kier alpha value is -1.39. The summed E-state index contributed by atoms with van der Waals surface area (Å²) in [5, 5.41) is 8.16. The number of benzene rings is 1. The third-order valence-corrected chi connectivity index (χ3v) is 3.56.